The van der Waals surface area contributed by atoms with Crippen LogP contribution in [-0.2, 0) is 19.5 Å². The lowest BCUT2D eigenvalue weighted by Crippen LogP contribution is -2.31. The molecule has 41 heavy (non-hydrogen) atoms. The summed E-state index contributed by atoms with van der Waals surface area (Å²) in [6.45, 7) is 4.68. The van der Waals surface area contributed by atoms with Gasteiger partial charge in [0.15, 0.2) is 17.4 Å². The highest BCUT2D eigenvalue weighted by Gasteiger charge is 2.29. The zero-order valence-electron chi connectivity index (χ0n) is 22.6. The van der Waals surface area contributed by atoms with Crippen LogP contribution in [0.5, 0.6) is 5.75 Å². The quantitative estimate of drug-likeness (QED) is 0.281. The van der Waals surface area contributed by atoms with Crippen LogP contribution >= 0.6 is 0 Å². The number of H-pyrrole nitrogens is 2. The molecule has 0 bridgehead atoms. The summed E-state index contributed by atoms with van der Waals surface area (Å²) in [5.41, 5.74) is 5.86. The number of benzene rings is 2. The molecule has 208 valence electrons. The van der Waals surface area contributed by atoms with Crippen molar-refractivity contribution in [3.8, 4) is 28.4 Å². The van der Waals surface area contributed by atoms with Crippen LogP contribution in [0.4, 0.5) is 10.2 Å². The Hall–Kier alpha value is -4.80. The lowest BCUT2D eigenvalue weighted by molar-refractivity contribution is 0.0742. The molecule has 3 N–H and O–H groups in total. The van der Waals surface area contributed by atoms with Crippen molar-refractivity contribution in [1.29, 1.82) is 0 Å². The summed E-state index contributed by atoms with van der Waals surface area (Å²) in [4.78, 5) is 34.1. The Bertz CT molecular complexity index is 1750. The van der Waals surface area contributed by atoms with E-state index in [0.717, 1.165) is 70.7 Å². The highest BCUT2D eigenvalue weighted by atomic mass is 19.1. The number of anilines is 1. The molecule has 2 aliphatic heterocycles. The van der Waals surface area contributed by atoms with Gasteiger partial charge in [0.2, 0.25) is 0 Å². The second-order valence-electron chi connectivity index (χ2n) is 10.6. The van der Waals surface area contributed by atoms with E-state index in [4.69, 9.17) is 4.98 Å². The van der Waals surface area contributed by atoms with Crippen LogP contribution in [0.25, 0.3) is 33.5 Å². The Morgan fingerprint density at radius 1 is 1.07 bits per heavy atom. The summed E-state index contributed by atoms with van der Waals surface area (Å²) in [6.07, 6.45) is 7.46. The van der Waals surface area contributed by atoms with Crippen molar-refractivity contribution in [3.05, 3.63) is 71.2 Å². The maximum Gasteiger partial charge on any atom is 0.274 e. The molecule has 0 radical (unpaired) electrons. The maximum atomic E-state index is 14.1. The van der Waals surface area contributed by atoms with Crippen LogP contribution in [0.3, 0.4) is 0 Å². The van der Waals surface area contributed by atoms with E-state index in [-0.39, 0.29) is 11.7 Å². The van der Waals surface area contributed by atoms with Crippen LogP contribution in [0, 0.1) is 5.82 Å². The number of fused-ring (bicyclic) bond motifs is 2. The number of nitrogens with one attached hydrogen (secondary N) is 2. The number of carbonyl (C=O) groups is 1. The number of rotatable bonds is 5. The Kier molecular flexibility index (Phi) is 6.14. The fraction of sp³-hybridized carbons (Fsp3) is 0.300. The van der Waals surface area contributed by atoms with Gasteiger partial charge in [-0.2, -0.15) is 5.10 Å². The van der Waals surface area contributed by atoms with Gasteiger partial charge in [0.1, 0.15) is 17.2 Å². The monoisotopic (exact) mass is 552 g/mol. The van der Waals surface area contributed by atoms with Gasteiger partial charge < -0.3 is 19.9 Å². The number of amides is 1. The molecule has 1 saturated heterocycles. The largest absolute Gasteiger partial charge is 0.505 e. The lowest BCUT2D eigenvalue weighted by Gasteiger charge is -2.27. The fourth-order valence-corrected chi connectivity index (χ4v) is 5.80. The minimum atomic E-state index is -0.651. The van der Waals surface area contributed by atoms with Crippen LogP contribution in [0.1, 0.15) is 53.6 Å². The lowest BCUT2D eigenvalue weighted by atomic mass is 9.96. The third-order valence-corrected chi connectivity index (χ3v) is 8.03. The van der Waals surface area contributed by atoms with Crippen molar-refractivity contribution in [2.24, 2.45) is 0 Å². The van der Waals surface area contributed by atoms with Crippen molar-refractivity contribution in [1.82, 2.24) is 35.0 Å². The van der Waals surface area contributed by atoms with E-state index in [2.05, 4.69) is 30.0 Å². The average Bonchev–Trinajstić information content (AvgIpc) is 3.71. The SMILES string of the molecule is CCc1cc(O)c(F)cc1-c1ccc2c(-c3nc4c([nH]3)CN(C(=O)c3cnc(N5CCCCC5)cn3)C4)n[nH]c2c1. The number of halogens is 1. The maximum absolute atomic E-state index is 14.1. The van der Waals surface area contributed by atoms with Gasteiger partial charge in [-0.05, 0) is 66.6 Å². The third kappa shape index (κ3) is 4.47. The summed E-state index contributed by atoms with van der Waals surface area (Å²) in [5.74, 6) is 0.267. The molecular formula is C30H29FN8O2. The van der Waals surface area contributed by atoms with E-state index in [1.807, 2.05) is 25.1 Å². The van der Waals surface area contributed by atoms with E-state index in [0.29, 0.717) is 36.7 Å². The van der Waals surface area contributed by atoms with Crippen molar-refractivity contribution >= 4 is 22.6 Å². The first-order valence-corrected chi connectivity index (χ1v) is 13.9. The number of aromatic hydroxyl groups is 1. The molecule has 7 rings (SSSR count). The second-order valence-corrected chi connectivity index (χ2v) is 10.6. The summed E-state index contributed by atoms with van der Waals surface area (Å²) in [5, 5.41) is 18.2. The number of nitrogens with zero attached hydrogens (tertiary/aromatic N) is 6. The van der Waals surface area contributed by atoms with E-state index < -0.39 is 5.82 Å². The molecule has 10 nitrogen and oxygen atoms in total. The van der Waals surface area contributed by atoms with Crippen LogP contribution < -0.4 is 4.90 Å². The molecular weight excluding hydrogens is 523 g/mol. The predicted molar refractivity (Wildman–Crippen MR) is 152 cm³/mol. The molecule has 11 heteroatoms. The summed E-state index contributed by atoms with van der Waals surface area (Å²) in [6, 6.07) is 8.62. The van der Waals surface area contributed by atoms with Gasteiger partial charge in [0.25, 0.3) is 5.91 Å². The molecule has 2 aromatic carbocycles. The minimum absolute atomic E-state index is 0.175. The Morgan fingerprint density at radius 3 is 2.68 bits per heavy atom. The zero-order valence-corrected chi connectivity index (χ0v) is 22.6. The standard InChI is InChI=1S/C30H29FN8O2/c1-2-17-11-26(40)21(31)12-20(17)18-6-7-19-22(10-18)36-37-28(19)29-34-24-15-39(16-25(24)35-29)30(41)23-13-33-27(14-32-23)38-8-4-3-5-9-38/h6-7,10-14,40H,2-5,8-9,15-16H2,1H3,(H,34,35)(H,36,37). The van der Waals surface area contributed by atoms with Gasteiger partial charge in [-0.1, -0.05) is 13.0 Å². The third-order valence-electron chi connectivity index (χ3n) is 8.03. The van der Waals surface area contributed by atoms with E-state index >= 15 is 0 Å². The molecule has 0 unspecified atom stereocenters. The smallest absolute Gasteiger partial charge is 0.274 e. The highest BCUT2D eigenvalue weighted by Crippen LogP contribution is 2.34. The van der Waals surface area contributed by atoms with E-state index in [1.165, 1.54) is 18.6 Å². The molecule has 2 aliphatic rings. The average molecular weight is 553 g/mol. The van der Waals surface area contributed by atoms with E-state index in [1.54, 1.807) is 17.3 Å². The van der Waals surface area contributed by atoms with Gasteiger partial charge in [0.05, 0.1) is 42.4 Å². The van der Waals surface area contributed by atoms with Gasteiger partial charge in [-0.25, -0.2) is 19.3 Å². The first-order chi connectivity index (χ1) is 20.0. The van der Waals surface area contributed by atoms with Gasteiger partial charge in [-0.15, -0.1) is 0 Å². The van der Waals surface area contributed by atoms with Crippen LogP contribution in [0.2, 0.25) is 0 Å². The zero-order chi connectivity index (χ0) is 28.1. The first-order valence-electron chi connectivity index (χ1n) is 13.9. The predicted octanol–water partition coefficient (Wildman–Crippen LogP) is 4.96. The molecule has 0 aliphatic carbocycles. The van der Waals surface area contributed by atoms with Gasteiger partial charge in [-0.3, -0.25) is 9.89 Å². The molecule has 1 amide bonds. The molecule has 0 saturated carbocycles. The highest BCUT2D eigenvalue weighted by molar-refractivity contribution is 5.94. The van der Waals surface area contributed by atoms with Crippen molar-refractivity contribution in [3.63, 3.8) is 0 Å². The second kappa shape index (κ2) is 9.99. The number of carbonyl (C=O) groups excluding carboxylic acids is 1. The Balaban J connectivity index is 1.09. The van der Waals surface area contributed by atoms with Crippen molar-refractivity contribution < 1.29 is 14.3 Å². The molecule has 3 aromatic heterocycles. The topological polar surface area (TPSA) is 127 Å². The van der Waals surface area contributed by atoms with E-state index in [9.17, 15) is 14.3 Å². The number of aromatic nitrogens is 6. The molecule has 1 fully saturated rings. The minimum Gasteiger partial charge on any atom is -0.505 e. The van der Waals surface area contributed by atoms with Crippen LogP contribution in [-0.4, -0.2) is 59.1 Å². The molecule has 5 aromatic rings. The first kappa shape index (κ1) is 25.2. The summed E-state index contributed by atoms with van der Waals surface area (Å²) >= 11 is 0. The number of imidazole rings is 1. The fourth-order valence-electron chi connectivity index (χ4n) is 5.80. The number of hydrogen-bond donors (Lipinski definition) is 3. The number of aromatic amines is 2. The van der Waals surface area contributed by atoms with Gasteiger partial charge in [0, 0.05) is 18.5 Å². The summed E-state index contributed by atoms with van der Waals surface area (Å²) in [7, 11) is 0. The number of aryl methyl sites for hydroxylation is 1. The van der Waals surface area contributed by atoms with Crippen LogP contribution in [0.15, 0.2) is 42.7 Å². The van der Waals surface area contributed by atoms with Crippen molar-refractivity contribution in [2.75, 3.05) is 18.0 Å². The number of piperidine rings is 1. The Morgan fingerprint density at radius 2 is 1.93 bits per heavy atom. The van der Waals surface area contributed by atoms with Gasteiger partial charge >= 0.3 is 0 Å². The summed E-state index contributed by atoms with van der Waals surface area (Å²) < 4.78 is 14.1. The molecule has 5 heterocycles. The Labute approximate surface area is 235 Å². The molecule has 0 atom stereocenters. The number of phenols is 1. The number of phenolic OH excluding ortho intramolecular Hbond substituents is 1. The normalized spacial score (nSPS) is 15.1. The number of hydrogen-bond acceptors (Lipinski definition) is 7. The van der Waals surface area contributed by atoms with Crippen molar-refractivity contribution in [2.45, 2.75) is 45.7 Å². The molecule has 0 spiro atoms.